The monoisotopic (exact) mass is 252 g/mol. The van der Waals surface area contributed by atoms with E-state index in [9.17, 15) is 0 Å². The Morgan fingerprint density at radius 2 is 1.47 bits per heavy atom. The summed E-state index contributed by atoms with van der Waals surface area (Å²) in [6, 6.07) is 7.84. The maximum atomic E-state index is 5.86. The fourth-order valence-corrected chi connectivity index (χ4v) is 1.41. The summed E-state index contributed by atoms with van der Waals surface area (Å²) in [4.78, 5) is 0. The van der Waals surface area contributed by atoms with Crippen LogP contribution in [0.2, 0.25) is 5.15 Å². The molecule has 3 heteroatoms. The van der Waals surface area contributed by atoms with Gasteiger partial charge >= 0.3 is 0 Å². The van der Waals surface area contributed by atoms with Crippen molar-refractivity contribution in [1.29, 1.82) is 0 Å². The van der Waals surface area contributed by atoms with Crippen molar-refractivity contribution < 1.29 is 0 Å². The molecule has 94 valence electrons. The van der Waals surface area contributed by atoms with Gasteiger partial charge in [-0.1, -0.05) is 70.0 Å². The van der Waals surface area contributed by atoms with E-state index in [0.717, 1.165) is 16.5 Å². The van der Waals surface area contributed by atoms with E-state index < -0.39 is 0 Å². The van der Waals surface area contributed by atoms with E-state index in [4.69, 9.17) is 11.6 Å². The first-order chi connectivity index (χ1) is 8.20. The summed E-state index contributed by atoms with van der Waals surface area (Å²) in [5, 5.41) is 10.2. The maximum Gasteiger partial charge on any atom is 0.159 e. The minimum absolute atomic E-state index is 0.469. The summed E-state index contributed by atoms with van der Waals surface area (Å²) in [7, 11) is 0. The molecule has 0 spiro atoms. The first-order valence-corrected chi connectivity index (χ1v) is 6.46. The lowest BCUT2D eigenvalue weighted by Gasteiger charge is -1.99. The molecule has 17 heavy (non-hydrogen) atoms. The van der Waals surface area contributed by atoms with E-state index in [0.29, 0.717) is 5.15 Å². The molecule has 1 heterocycles. The molecule has 0 aliphatic carbocycles. The normalized spacial score (nSPS) is 8.82. The van der Waals surface area contributed by atoms with Crippen molar-refractivity contribution in [1.82, 2.24) is 10.2 Å². The van der Waals surface area contributed by atoms with Crippen molar-refractivity contribution in [3.05, 3.63) is 35.1 Å². The van der Waals surface area contributed by atoms with Crippen molar-refractivity contribution in [3.8, 4) is 0 Å². The van der Waals surface area contributed by atoms with E-state index >= 15 is 0 Å². The van der Waals surface area contributed by atoms with Gasteiger partial charge in [-0.05, 0) is 6.92 Å². The molecule has 2 aromatic rings. The molecule has 0 unspecified atom stereocenters. The highest BCUT2D eigenvalue weighted by molar-refractivity contribution is 6.34. The quantitative estimate of drug-likeness (QED) is 0.657. The van der Waals surface area contributed by atoms with Gasteiger partial charge in [0.15, 0.2) is 5.15 Å². The molecule has 0 aliphatic rings. The predicted molar refractivity (Wildman–Crippen MR) is 76.6 cm³/mol. The topological polar surface area (TPSA) is 25.8 Å². The molecule has 1 aromatic carbocycles. The lowest BCUT2D eigenvalue weighted by molar-refractivity contribution is 1.00. The molecule has 0 atom stereocenters. The van der Waals surface area contributed by atoms with Crippen LogP contribution in [0.25, 0.3) is 10.8 Å². The summed E-state index contributed by atoms with van der Waals surface area (Å²) in [5.41, 5.74) is 0.912. The Labute approximate surface area is 109 Å². The Hall–Kier alpha value is -1.15. The number of benzene rings is 1. The summed E-state index contributed by atoms with van der Waals surface area (Å²) in [5.74, 6) is 0. The van der Waals surface area contributed by atoms with E-state index in [2.05, 4.69) is 24.0 Å². The van der Waals surface area contributed by atoms with Crippen LogP contribution in [0.1, 0.15) is 39.8 Å². The maximum absolute atomic E-state index is 5.86. The summed E-state index contributed by atoms with van der Waals surface area (Å²) >= 11 is 5.86. The number of fused-ring (bicyclic) bond motifs is 1. The zero-order chi connectivity index (χ0) is 13.3. The van der Waals surface area contributed by atoms with Gasteiger partial charge in [0.05, 0.1) is 5.69 Å². The van der Waals surface area contributed by atoms with Crippen molar-refractivity contribution in [2.45, 2.75) is 41.0 Å². The van der Waals surface area contributed by atoms with Gasteiger partial charge in [-0.25, -0.2) is 0 Å². The second-order valence-corrected chi connectivity index (χ2v) is 3.69. The van der Waals surface area contributed by atoms with Crippen molar-refractivity contribution in [3.63, 3.8) is 0 Å². The highest BCUT2D eigenvalue weighted by Gasteiger charge is 2.01. The molecule has 2 rings (SSSR count). The van der Waals surface area contributed by atoms with Crippen LogP contribution < -0.4 is 0 Å². The van der Waals surface area contributed by atoms with E-state index in [1.807, 2.05) is 45.0 Å². The fraction of sp³-hybridized carbons (Fsp3) is 0.429. The fourth-order valence-electron chi connectivity index (χ4n) is 1.21. The third-order valence-corrected chi connectivity index (χ3v) is 2.11. The standard InChI is InChI=1S/C9H7ClN2.C3H8.C2H6/c1-6-7-4-2-3-5-8(7)9(10)12-11-6;1-3-2;1-2/h2-5H,1H3;3H2,1-2H3;1-2H3. The molecule has 0 bridgehead atoms. The van der Waals surface area contributed by atoms with Crippen LogP contribution in [0.15, 0.2) is 24.3 Å². The van der Waals surface area contributed by atoms with Crippen LogP contribution in [0.5, 0.6) is 0 Å². The third kappa shape index (κ3) is 4.70. The van der Waals surface area contributed by atoms with Crippen LogP contribution in [0.4, 0.5) is 0 Å². The second-order valence-electron chi connectivity index (χ2n) is 3.33. The average Bonchev–Trinajstić information content (AvgIpc) is 2.38. The van der Waals surface area contributed by atoms with Gasteiger partial charge in [-0.15, -0.1) is 5.10 Å². The smallest absolute Gasteiger partial charge is 0.154 e. The molecular weight excluding hydrogens is 232 g/mol. The molecule has 0 aliphatic heterocycles. The number of hydrogen-bond donors (Lipinski definition) is 0. The molecule has 0 amide bonds. The average molecular weight is 253 g/mol. The lowest BCUT2D eigenvalue weighted by atomic mass is 10.1. The number of hydrogen-bond acceptors (Lipinski definition) is 2. The summed E-state index contributed by atoms with van der Waals surface area (Å²) in [6.45, 7) is 10.2. The van der Waals surface area contributed by atoms with Gasteiger partial charge < -0.3 is 0 Å². The molecule has 0 N–H and O–H groups in total. The molecule has 0 saturated heterocycles. The molecule has 0 radical (unpaired) electrons. The highest BCUT2D eigenvalue weighted by Crippen LogP contribution is 2.21. The van der Waals surface area contributed by atoms with Gasteiger partial charge in [0.1, 0.15) is 0 Å². The van der Waals surface area contributed by atoms with E-state index in [1.165, 1.54) is 6.42 Å². The first-order valence-electron chi connectivity index (χ1n) is 6.08. The first kappa shape index (κ1) is 15.9. The van der Waals surface area contributed by atoms with Crippen molar-refractivity contribution in [2.24, 2.45) is 0 Å². The Balaban J connectivity index is 0.000000450. The third-order valence-electron chi connectivity index (χ3n) is 1.83. The number of rotatable bonds is 0. The molecule has 1 aromatic heterocycles. The second kappa shape index (κ2) is 8.94. The number of aryl methyl sites for hydroxylation is 1. The molecule has 0 saturated carbocycles. The van der Waals surface area contributed by atoms with Gasteiger partial charge in [0, 0.05) is 10.8 Å². The Kier molecular flexibility index (Phi) is 8.34. The summed E-state index contributed by atoms with van der Waals surface area (Å²) in [6.07, 6.45) is 1.25. The Bertz CT molecular complexity index is 401. The number of nitrogens with zero attached hydrogens (tertiary/aromatic N) is 2. The lowest BCUT2D eigenvalue weighted by Crippen LogP contribution is -1.89. The number of aromatic nitrogens is 2. The minimum atomic E-state index is 0.469. The molecule has 0 fully saturated rings. The predicted octanol–water partition coefficient (Wildman–Crippen LogP) is 5.03. The summed E-state index contributed by atoms with van der Waals surface area (Å²) < 4.78 is 0. The van der Waals surface area contributed by atoms with Crippen LogP contribution in [-0.2, 0) is 0 Å². The van der Waals surface area contributed by atoms with Gasteiger partial charge in [-0.2, -0.15) is 5.10 Å². The molecule has 2 nitrogen and oxygen atoms in total. The van der Waals surface area contributed by atoms with Crippen LogP contribution in [0, 0.1) is 6.92 Å². The van der Waals surface area contributed by atoms with Gasteiger partial charge in [0.2, 0.25) is 0 Å². The van der Waals surface area contributed by atoms with Crippen LogP contribution in [-0.4, -0.2) is 10.2 Å². The zero-order valence-electron chi connectivity index (χ0n) is 11.3. The number of halogens is 1. The van der Waals surface area contributed by atoms with Crippen molar-refractivity contribution in [2.75, 3.05) is 0 Å². The zero-order valence-corrected chi connectivity index (χ0v) is 12.0. The Morgan fingerprint density at radius 1 is 1.00 bits per heavy atom. The highest BCUT2D eigenvalue weighted by atomic mass is 35.5. The van der Waals surface area contributed by atoms with Crippen LogP contribution >= 0.6 is 11.6 Å². The van der Waals surface area contributed by atoms with Crippen molar-refractivity contribution >= 4 is 22.4 Å². The Morgan fingerprint density at radius 3 is 1.94 bits per heavy atom. The van der Waals surface area contributed by atoms with Crippen LogP contribution in [0.3, 0.4) is 0 Å². The van der Waals surface area contributed by atoms with E-state index in [-0.39, 0.29) is 0 Å². The minimum Gasteiger partial charge on any atom is -0.154 e. The van der Waals surface area contributed by atoms with Gasteiger partial charge in [0.25, 0.3) is 0 Å². The van der Waals surface area contributed by atoms with E-state index in [1.54, 1.807) is 0 Å². The molecular formula is C14H21ClN2. The van der Waals surface area contributed by atoms with Gasteiger partial charge in [-0.3, -0.25) is 0 Å². The SMILES string of the molecule is CC.CCC.Cc1nnc(Cl)c2ccccc12. The largest absolute Gasteiger partial charge is 0.159 e.